The van der Waals surface area contributed by atoms with Gasteiger partial charge in [-0.1, -0.05) is 48.5 Å². The number of carboxylic acids is 1. The number of carbonyl (C=O) groups is 3. The maximum Gasteiger partial charge on any atom is 0.407 e. The van der Waals surface area contributed by atoms with Gasteiger partial charge in [-0.05, 0) is 53.9 Å². The number of alkyl carbamates (subject to hydrolysis) is 1. The first-order valence-corrected chi connectivity index (χ1v) is 11.7. The molecule has 7 heteroatoms. The van der Waals surface area contributed by atoms with E-state index in [4.69, 9.17) is 4.74 Å². The van der Waals surface area contributed by atoms with Crippen LogP contribution in [0.4, 0.5) is 4.79 Å². The fourth-order valence-electron chi connectivity index (χ4n) is 5.15. The minimum absolute atomic E-state index is 0.0448. The number of rotatable bonds is 6. The number of amides is 2. The van der Waals surface area contributed by atoms with Gasteiger partial charge in [0, 0.05) is 19.0 Å². The van der Waals surface area contributed by atoms with E-state index in [1.54, 1.807) is 4.90 Å². The zero-order valence-corrected chi connectivity index (χ0v) is 18.4. The summed E-state index contributed by atoms with van der Waals surface area (Å²) in [6.07, 6.45) is 2.37. The molecule has 0 spiro atoms. The molecule has 2 fully saturated rings. The van der Waals surface area contributed by atoms with Gasteiger partial charge in [-0.2, -0.15) is 0 Å². The predicted molar refractivity (Wildman–Crippen MR) is 122 cm³/mol. The second-order valence-corrected chi connectivity index (χ2v) is 9.25. The molecule has 1 saturated heterocycles. The standard InChI is InChI=1S/C26H28N2O5/c29-24(28-13-5-6-17(14-28)25(30)31)23(16-11-12-16)27-26(32)33-15-22-20-9-3-1-7-18(20)19-8-2-4-10-21(19)22/h1-4,7-10,16-17,22-23H,5-6,11-15H2,(H,27,32)(H,30,31)/t17-,23?/m0/s1. The van der Waals surface area contributed by atoms with E-state index < -0.39 is 24.0 Å². The highest BCUT2D eigenvalue weighted by molar-refractivity contribution is 5.87. The monoisotopic (exact) mass is 448 g/mol. The number of fused-ring (bicyclic) bond motifs is 3. The topological polar surface area (TPSA) is 95.9 Å². The third kappa shape index (κ3) is 4.32. The second kappa shape index (κ2) is 8.89. The van der Waals surface area contributed by atoms with Gasteiger partial charge in [-0.3, -0.25) is 9.59 Å². The smallest absolute Gasteiger partial charge is 0.407 e. The van der Waals surface area contributed by atoms with E-state index in [-0.39, 0.29) is 30.9 Å². The van der Waals surface area contributed by atoms with Crippen LogP contribution in [0.15, 0.2) is 48.5 Å². The lowest BCUT2D eigenvalue weighted by atomic mass is 9.97. The molecule has 33 heavy (non-hydrogen) atoms. The summed E-state index contributed by atoms with van der Waals surface area (Å²) in [6.45, 7) is 0.915. The Morgan fingerprint density at radius 3 is 2.24 bits per heavy atom. The van der Waals surface area contributed by atoms with E-state index in [9.17, 15) is 19.5 Å². The number of benzene rings is 2. The van der Waals surface area contributed by atoms with Crippen LogP contribution < -0.4 is 5.32 Å². The van der Waals surface area contributed by atoms with Crippen LogP contribution in [0.2, 0.25) is 0 Å². The molecule has 172 valence electrons. The minimum atomic E-state index is -0.875. The van der Waals surface area contributed by atoms with E-state index in [1.165, 1.54) is 0 Å². The lowest BCUT2D eigenvalue weighted by molar-refractivity contribution is -0.146. The maximum absolute atomic E-state index is 13.1. The first kappa shape index (κ1) is 21.5. The van der Waals surface area contributed by atoms with Crippen LogP contribution in [0.1, 0.15) is 42.7 Å². The van der Waals surface area contributed by atoms with E-state index in [1.807, 2.05) is 24.3 Å². The van der Waals surface area contributed by atoms with Gasteiger partial charge < -0.3 is 20.1 Å². The number of ether oxygens (including phenoxy) is 1. The number of hydrogen-bond donors (Lipinski definition) is 2. The summed E-state index contributed by atoms with van der Waals surface area (Å²) in [4.78, 5) is 38.8. The lowest BCUT2D eigenvalue weighted by Gasteiger charge is -2.33. The number of carbonyl (C=O) groups excluding carboxylic acids is 2. The Kier molecular flexibility index (Phi) is 5.79. The molecule has 0 bridgehead atoms. The molecule has 1 aliphatic heterocycles. The highest BCUT2D eigenvalue weighted by Gasteiger charge is 2.41. The molecule has 0 aromatic heterocycles. The molecule has 1 unspecified atom stereocenters. The van der Waals surface area contributed by atoms with Crippen LogP contribution in [0.5, 0.6) is 0 Å². The van der Waals surface area contributed by atoms with Gasteiger partial charge in [0.1, 0.15) is 12.6 Å². The van der Waals surface area contributed by atoms with E-state index in [0.717, 1.165) is 35.1 Å². The van der Waals surface area contributed by atoms with Gasteiger partial charge in [0.25, 0.3) is 0 Å². The average Bonchev–Trinajstić information content (AvgIpc) is 3.63. The molecule has 2 aromatic carbocycles. The van der Waals surface area contributed by atoms with Gasteiger partial charge in [0.05, 0.1) is 5.92 Å². The van der Waals surface area contributed by atoms with E-state index in [0.29, 0.717) is 19.4 Å². The Morgan fingerprint density at radius 1 is 1.00 bits per heavy atom. The maximum atomic E-state index is 13.1. The van der Waals surface area contributed by atoms with Crippen molar-refractivity contribution in [1.29, 1.82) is 0 Å². The quantitative estimate of drug-likeness (QED) is 0.704. The van der Waals surface area contributed by atoms with Crippen LogP contribution in [-0.2, 0) is 14.3 Å². The van der Waals surface area contributed by atoms with Crippen molar-refractivity contribution in [2.75, 3.05) is 19.7 Å². The summed E-state index contributed by atoms with van der Waals surface area (Å²) in [6, 6.07) is 15.6. The number of likely N-dealkylation sites (tertiary alicyclic amines) is 1. The Labute approximate surface area is 192 Å². The Balaban J connectivity index is 1.24. The molecule has 2 amide bonds. The number of aliphatic carboxylic acids is 1. The highest BCUT2D eigenvalue weighted by Crippen LogP contribution is 2.44. The number of hydrogen-bond acceptors (Lipinski definition) is 4. The molecule has 7 nitrogen and oxygen atoms in total. The zero-order chi connectivity index (χ0) is 22.9. The fourth-order valence-corrected chi connectivity index (χ4v) is 5.15. The summed E-state index contributed by atoms with van der Waals surface area (Å²) < 4.78 is 5.63. The Bertz CT molecular complexity index is 1030. The zero-order valence-electron chi connectivity index (χ0n) is 18.4. The summed E-state index contributed by atoms with van der Waals surface area (Å²) in [5, 5.41) is 12.1. The van der Waals surface area contributed by atoms with Crippen LogP contribution in [-0.4, -0.2) is 53.7 Å². The molecule has 1 heterocycles. The fraction of sp³-hybridized carbons (Fsp3) is 0.423. The normalized spacial score (nSPS) is 20.5. The van der Waals surface area contributed by atoms with Crippen LogP contribution in [0.25, 0.3) is 11.1 Å². The van der Waals surface area contributed by atoms with Crippen LogP contribution in [0, 0.1) is 11.8 Å². The van der Waals surface area contributed by atoms with E-state index >= 15 is 0 Å². The third-order valence-corrected chi connectivity index (χ3v) is 7.06. The number of nitrogens with one attached hydrogen (secondary N) is 1. The minimum Gasteiger partial charge on any atom is -0.481 e. The van der Waals surface area contributed by atoms with Crippen molar-refractivity contribution in [2.45, 2.75) is 37.6 Å². The van der Waals surface area contributed by atoms with E-state index in [2.05, 4.69) is 29.6 Å². The summed E-state index contributed by atoms with van der Waals surface area (Å²) in [5.74, 6) is -1.58. The molecule has 2 aliphatic carbocycles. The molecular formula is C26H28N2O5. The second-order valence-electron chi connectivity index (χ2n) is 9.25. The molecule has 1 saturated carbocycles. The van der Waals surface area contributed by atoms with Gasteiger partial charge in [-0.25, -0.2) is 4.79 Å². The summed E-state index contributed by atoms with van der Waals surface area (Å²) >= 11 is 0. The summed E-state index contributed by atoms with van der Waals surface area (Å²) in [5.41, 5.74) is 4.58. The first-order chi connectivity index (χ1) is 16.0. The van der Waals surface area contributed by atoms with Crippen LogP contribution >= 0.6 is 0 Å². The van der Waals surface area contributed by atoms with Crippen molar-refractivity contribution in [3.05, 3.63) is 59.7 Å². The molecule has 2 aromatic rings. The van der Waals surface area contributed by atoms with Crippen molar-refractivity contribution < 1.29 is 24.2 Å². The van der Waals surface area contributed by atoms with Crippen molar-refractivity contribution in [3.63, 3.8) is 0 Å². The first-order valence-electron chi connectivity index (χ1n) is 11.7. The highest BCUT2D eigenvalue weighted by atomic mass is 16.5. The average molecular weight is 449 g/mol. The van der Waals surface area contributed by atoms with Crippen molar-refractivity contribution in [2.24, 2.45) is 11.8 Å². The SMILES string of the molecule is O=C(NC(C(=O)N1CCC[C@H](C(=O)O)C1)C1CC1)OCC1c2ccccc2-c2ccccc21. The van der Waals surface area contributed by atoms with Crippen molar-refractivity contribution in [1.82, 2.24) is 10.2 Å². The number of piperidine rings is 1. The molecule has 3 aliphatic rings. The van der Waals surface area contributed by atoms with Gasteiger partial charge in [0.2, 0.25) is 5.91 Å². The third-order valence-electron chi connectivity index (χ3n) is 7.06. The van der Waals surface area contributed by atoms with Gasteiger partial charge in [-0.15, -0.1) is 0 Å². The molecule has 0 radical (unpaired) electrons. The molecule has 2 atom stereocenters. The largest absolute Gasteiger partial charge is 0.481 e. The van der Waals surface area contributed by atoms with Crippen molar-refractivity contribution >= 4 is 18.0 Å². The number of carboxylic acid groups (broad SMARTS) is 1. The Morgan fingerprint density at radius 2 is 1.64 bits per heavy atom. The lowest BCUT2D eigenvalue weighted by Crippen LogP contribution is -2.53. The molecule has 5 rings (SSSR count). The van der Waals surface area contributed by atoms with Gasteiger partial charge in [0.15, 0.2) is 0 Å². The van der Waals surface area contributed by atoms with Crippen LogP contribution in [0.3, 0.4) is 0 Å². The molecular weight excluding hydrogens is 420 g/mol. The van der Waals surface area contributed by atoms with Crippen molar-refractivity contribution in [3.8, 4) is 11.1 Å². The van der Waals surface area contributed by atoms with Gasteiger partial charge >= 0.3 is 12.1 Å². The molecule has 2 N–H and O–H groups in total. The Hall–Kier alpha value is -3.35. The summed E-state index contributed by atoms with van der Waals surface area (Å²) in [7, 11) is 0. The predicted octanol–water partition coefficient (Wildman–Crippen LogP) is 3.63. The number of nitrogens with zero attached hydrogens (tertiary/aromatic N) is 1.